The first kappa shape index (κ1) is 21.7. The van der Waals surface area contributed by atoms with Crippen LogP contribution in [-0.4, -0.2) is 36.0 Å². The van der Waals surface area contributed by atoms with Gasteiger partial charge in [0.25, 0.3) is 0 Å². The zero-order valence-electron chi connectivity index (χ0n) is 21.3. The Labute approximate surface area is 192 Å². The van der Waals surface area contributed by atoms with Crippen LogP contribution in [0.1, 0.15) is 75.3 Å². The molecule has 1 heterocycles. The molecule has 1 saturated carbocycles. The Balaban J connectivity index is 1.99. The van der Waals surface area contributed by atoms with Gasteiger partial charge in [-0.1, -0.05) is 58.4 Å². The fraction of sp³-hybridized carbons (Fsp3) is 0.517. The summed E-state index contributed by atoms with van der Waals surface area (Å²) in [5.41, 5.74) is 10.4. The van der Waals surface area contributed by atoms with Crippen molar-refractivity contribution < 1.29 is 9.84 Å². The van der Waals surface area contributed by atoms with E-state index in [0.717, 1.165) is 0 Å². The number of methoxy groups -OCH3 is 1. The predicted octanol–water partition coefficient (Wildman–Crippen LogP) is 6.20. The third-order valence-corrected chi connectivity index (χ3v) is 8.02. The number of nitrogens with zero attached hydrogens (tertiary/aromatic N) is 1. The largest absolute Gasteiger partial charge is 0.365 e. The molecule has 1 N–H and O–H groups in total. The van der Waals surface area contributed by atoms with Gasteiger partial charge in [-0.05, 0) is 70.9 Å². The minimum atomic E-state index is -1.14. The normalized spacial score (nSPS) is 29.5. The zero-order chi connectivity index (χ0) is 23.5. The molecule has 2 aromatic rings. The highest BCUT2D eigenvalue weighted by molar-refractivity contribution is 5.99. The zero-order valence-corrected chi connectivity index (χ0v) is 21.3. The maximum Gasteiger partial charge on any atom is 0.195 e. The van der Waals surface area contributed by atoms with E-state index >= 15 is 0 Å². The van der Waals surface area contributed by atoms with E-state index in [0.29, 0.717) is 0 Å². The maximum absolute atomic E-state index is 11.4. The minimum Gasteiger partial charge on any atom is -0.365 e. The molecule has 3 atom stereocenters. The molecule has 0 amide bonds. The van der Waals surface area contributed by atoms with E-state index in [9.17, 15) is 5.11 Å². The van der Waals surface area contributed by atoms with Crippen LogP contribution in [0.3, 0.4) is 0 Å². The molecule has 1 aliphatic heterocycles. The Kier molecular flexibility index (Phi) is 4.26. The van der Waals surface area contributed by atoms with Crippen molar-refractivity contribution in [2.45, 2.75) is 78.6 Å². The molecular formula is C29H37NO2. The Morgan fingerprint density at radius 1 is 1.06 bits per heavy atom. The first-order chi connectivity index (χ1) is 14.7. The molecule has 3 unspecified atom stereocenters. The highest BCUT2D eigenvalue weighted by Crippen LogP contribution is 2.65. The van der Waals surface area contributed by atoms with Gasteiger partial charge in [-0.25, -0.2) is 0 Å². The van der Waals surface area contributed by atoms with Crippen LogP contribution in [0.15, 0.2) is 35.4 Å². The summed E-state index contributed by atoms with van der Waals surface area (Å²) in [5, 5.41) is 14.0. The lowest BCUT2D eigenvalue weighted by atomic mass is 9.63. The summed E-state index contributed by atoms with van der Waals surface area (Å²) >= 11 is 0. The van der Waals surface area contributed by atoms with Gasteiger partial charge >= 0.3 is 0 Å². The van der Waals surface area contributed by atoms with Gasteiger partial charge in [0.15, 0.2) is 5.79 Å². The molecule has 3 aliphatic rings. The van der Waals surface area contributed by atoms with Crippen LogP contribution in [0.4, 0.5) is 0 Å². The van der Waals surface area contributed by atoms with Gasteiger partial charge < -0.3 is 14.7 Å². The number of benzene rings is 2. The number of fused-ring (bicyclic) bond motifs is 4. The molecule has 0 radical (unpaired) electrons. The number of ether oxygens (including phenoxy) is 1. The van der Waals surface area contributed by atoms with Crippen LogP contribution in [0, 0.1) is 19.3 Å². The van der Waals surface area contributed by atoms with Gasteiger partial charge in [0.05, 0.1) is 12.0 Å². The molecule has 5 rings (SSSR count). The van der Waals surface area contributed by atoms with E-state index in [1.807, 2.05) is 0 Å². The van der Waals surface area contributed by atoms with Crippen LogP contribution < -0.4 is 0 Å². The molecule has 2 aromatic carbocycles. The fourth-order valence-corrected chi connectivity index (χ4v) is 6.73. The van der Waals surface area contributed by atoms with Crippen molar-refractivity contribution in [1.29, 1.82) is 0 Å². The van der Waals surface area contributed by atoms with Crippen molar-refractivity contribution in [2.24, 2.45) is 5.41 Å². The van der Waals surface area contributed by atoms with E-state index in [-0.39, 0.29) is 22.8 Å². The second-order valence-electron chi connectivity index (χ2n) is 11.9. The second-order valence-corrected chi connectivity index (χ2v) is 11.9. The molecule has 0 aromatic heterocycles. The van der Waals surface area contributed by atoms with E-state index in [1.54, 1.807) is 7.11 Å². The van der Waals surface area contributed by atoms with E-state index in [1.165, 1.54) is 55.4 Å². The summed E-state index contributed by atoms with van der Waals surface area (Å²) in [5.74, 6) is -1.17. The van der Waals surface area contributed by atoms with Gasteiger partial charge in [-0.2, -0.15) is 0 Å². The van der Waals surface area contributed by atoms with Crippen LogP contribution in [0.5, 0.6) is 0 Å². The average molecular weight is 432 g/mol. The van der Waals surface area contributed by atoms with Gasteiger partial charge in [-0.3, -0.25) is 0 Å². The first-order valence-corrected chi connectivity index (χ1v) is 11.8. The topological polar surface area (TPSA) is 32.7 Å². The number of hydrogen-bond acceptors (Lipinski definition) is 3. The third kappa shape index (κ3) is 2.61. The molecule has 0 bridgehead atoms. The second kappa shape index (κ2) is 6.27. The summed E-state index contributed by atoms with van der Waals surface area (Å²) < 4.78 is 5.71. The summed E-state index contributed by atoms with van der Waals surface area (Å²) in [6.07, 6.45) is 2.45. The first-order valence-electron chi connectivity index (χ1n) is 11.8. The maximum atomic E-state index is 11.4. The third-order valence-electron chi connectivity index (χ3n) is 8.02. The lowest BCUT2D eigenvalue weighted by Gasteiger charge is -2.44. The van der Waals surface area contributed by atoms with Crippen molar-refractivity contribution >= 4 is 16.5 Å². The van der Waals surface area contributed by atoms with Crippen molar-refractivity contribution in [3.8, 4) is 0 Å². The lowest BCUT2D eigenvalue weighted by molar-refractivity contribution is -0.117. The van der Waals surface area contributed by atoms with Crippen molar-refractivity contribution in [3.05, 3.63) is 63.2 Å². The molecule has 0 spiro atoms. The number of aryl methyl sites for hydroxylation is 2. The molecule has 0 saturated heterocycles. The van der Waals surface area contributed by atoms with Gasteiger partial charge in [0.1, 0.15) is 0 Å². The smallest absolute Gasteiger partial charge is 0.195 e. The van der Waals surface area contributed by atoms with Crippen molar-refractivity contribution in [2.75, 3.05) is 14.2 Å². The van der Waals surface area contributed by atoms with Crippen molar-refractivity contribution in [1.82, 2.24) is 4.90 Å². The molecule has 2 aliphatic carbocycles. The molecular weight excluding hydrogens is 394 g/mol. The molecule has 170 valence electrons. The number of aliphatic hydroxyl groups is 1. The van der Waals surface area contributed by atoms with E-state index < -0.39 is 5.79 Å². The molecule has 3 nitrogen and oxygen atoms in total. The van der Waals surface area contributed by atoms with Crippen LogP contribution in [0.2, 0.25) is 0 Å². The lowest BCUT2D eigenvalue weighted by Crippen LogP contribution is -2.37. The minimum absolute atomic E-state index is 0.0307. The monoisotopic (exact) mass is 431 g/mol. The van der Waals surface area contributed by atoms with Crippen LogP contribution in [0.25, 0.3) is 16.5 Å². The average Bonchev–Trinajstić information content (AvgIpc) is 3.30. The molecule has 32 heavy (non-hydrogen) atoms. The Morgan fingerprint density at radius 2 is 1.72 bits per heavy atom. The van der Waals surface area contributed by atoms with E-state index in [4.69, 9.17) is 4.74 Å². The summed E-state index contributed by atoms with van der Waals surface area (Å²) in [4.78, 5) is 2.29. The Hall–Kier alpha value is -2.10. The summed E-state index contributed by atoms with van der Waals surface area (Å²) in [7, 11) is 3.76. The summed E-state index contributed by atoms with van der Waals surface area (Å²) in [6.45, 7) is 18.2. The molecule has 3 heteroatoms. The molecule has 1 fully saturated rings. The Morgan fingerprint density at radius 3 is 2.31 bits per heavy atom. The SMILES string of the molecule is COC1(O)C2c3cc4c(C)cc(C)cc4c4c3C(=C(C)/C(=C\C(C)(C)C)C4(C)C)N(C)C21. The highest BCUT2D eigenvalue weighted by Gasteiger charge is 2.71. The standard InChI is InChI=1S/C29H37NO2/c1-15-11-16(2)18-13-20-22-23(19(18)12-15)28(7,8)21(14-27(4,5)6)17(3)25(22)30(9)26-24(20)29(26,31)32-10/h11-14,24,26,31H,1-10H3/b21-14+. The highest BCUT2D eigenvalue weighted by atomic mass is 16.6. The van der Waals surface area contributed by atoms with E-state index in [2.05, 4.69) is 91.6 Å². The Bertz CT molecular complexity index is 1240. The van der Waals surface area contributed by atoms with Crippen LogP contribution in [-0.2, 0) is 10.2 Å². The van der Waals surface area contributed by atoms with Crippen molar-refractivity contribution in [3.63, 3.8) is 0 Å². The van der Waals surface area contributed by atoms with Gasteiger partial charge in [0, 0.05) is 30.8 Å². The predicted molar refractivity (Wildman–Crippen MR) is 133 cm³/mol. The number of likely N-dealkylation sites (N-methyl/N-ethyl adjacent to an activating group) is 1. The number of rotatable bonds is 1. The fourth-order valence-electron chi connectivity index (χ4n) is 6.73. The van der Waals surface area contributed by atoms with Gasteiger partial charge in [0.2, 0.25) is 0 Å². The number of allylic oxidation sites excluding steroid dienone is 3. The number of hydrogen-bond donors (Lipinski definition) is 1. The summed E-state index contributed by atoms with van der Waals surface area (Å²) in [6, 6.07) is 6.91. The van der Waals surface area contributed by atoms with Crippen LogP contribution >= 0.6 is 0 Å². The quantitative estimate of drug-likeness (QED) is 0.546. The van der Waals surface area contributed by atoms with Gasteiger partial charge in [-0.15, -0.1) is 0 Å².